The van der Waals surface area contributed by atoms with Crippen molar-refractivity contribution in [1.82, 2.24) is 10.2 Å². The summed E-state index contributed by atoms with van der Waals surface area (Å²) in [7, 11) is 0. The summed E-state index contributed by atoms with van der Waals surface area (Å²) in [4.78, 5) is 39.1. The number of nitrogens with zero attached hydrogens (tertiary/aromatic N) is 1. The van der Waals surface area contributed by atoms with Gasteiger partial charge in [-0.1, -0.05) is 30.3 Å². The number of alkyl carbamates (subject to hydrolysis) is 1. The van der Waals surface area contributed by atoms with E-state index in [9.17, 15) is 14.4 Å². The molecule has 1 aromatic rings. The van der Waals surface area contributed by atoms with Crippen LogP contribution < -0.4 is 11.1 Å². The molecule has 0 bridgehead atoms. The Morgan fingerprint density at radius 2 is 1.93 bits per heavy atom. The van der Waals surface area contributed by atoms with Crippen LogP contribution in [0.5, 0.6) is 0 Å². The highest BCUT2D eigenvalue weighted by Crippen LogP contribution is 2.32. The molecule has 4 unspecified atom stereocenters. The summed E-state index contributed by atoms with van der Waals surface area (Å²) in [5.41, 5.74) is 6.92. The first kappa shape index (κ1) is 21.1. The Hall–Kier alpha value is -2.61. The molecule has 1 aromatic carbocycles. The smallest absolute Gasteiger partial charge is 0.408 e. The minimum Gasteiger partial charge on any atom is -0.466 e. The van der Waals surface area contributed by atoms with E-state index in [1.807, 2.05) is 30.3 Å². The first-order valence-electron chi connectivity index (χ1n) is 10.2. The Balaban J connectivity index is 1.56. The van der Waals surface area contributed by atoms with Crippen LogP contribution >= 0.6 is 0 Å². The Bertz CT molecular complexity index is 726. The zero-order valence-corrected chi connectivity index (χ0v) is 16.7. The standard InChI is InChI=1S/C21H29N3O5/c1-2-28-20(26)16-12-15(22)8-9-18(16)24-11-10-17(19(24)25)23-21(27)29-13-14-6-4-3-5-7-14/h3-7,15-18H,2,8-13,22H2,1H3,(H,23,27). The molecule has 1 aliphatic carbocycles. The van der Waals surface area contributed by atoms with Crippen molar-refractivity contribution in [3.05, 3.63) is 35.9 Å². The fraction of sp³-hybridized carbons (Fsp3) is 0.571. The van der Waals surface area contributed by atoms with E-state index in [0.717, 1.165) is 12.0 Å². The monoisotopic (exact) mass is 403 g/mol. The summed E-state index contributed by atoms with van der Waals surface area (Å²) >= 11 is 0. The van der Waals surface area contributed by atoms with E-state index in [1.54, 1.807) is 11.8 Å². The van der Waals surface area contributed by atoms with Crippen molar-refractivity contribution in [2.24, 2.45) is 11.7 Å². The Kier molecular flexibility index (Phi) is 7.09. The van der Waals surface area contributed by atoms with Gasteiger partial charge in [-0.15, -0.1) is 0 Å². The molecule has 0 spiro atoms. The van der Waals surface area contributed by atoms with Gasteiger partial charge in [-0.05, 0) is 38.2 Å². The molecule has 4 atom stereocenters. The van der Waals surface area contributed by atoms with E-state index >= 15 is 0 Å². The van der Waals surface area contributed by atoms with E-state index in [1.165, 1.54) is 0 Å². The maximum absolute atomic E-state index is 12.9. The molecule has 158 valence electrons. The van der Waals surface area contributed by atoms with Crippen LogP contribution in [0.3, 0.4) is 0 Å². The molecule has 3 rings (SSSR count). The lowest BCUT2D eigenvalue weighted by atomic mass is 9.81. The lowest BCUT2D eigenvalue weighted by molar-refractivity contribution is -0.153. The highest BCUT2D eigenvalue weighted by molar-refractivity contribution is 5.88. The van der Waals surface area contributed by atoms with E-state index in [2.05, 4.69) is 5.32 Å². The molecule has 2 fully saturated rings. The Labute approximate surface area is 170 Å². The molecule has 8 heteroatoms. The quantitative estimate of drug-likeness (QED) is 0.698. The molecule has 1 aliphatic heterocycles. The molecule has 1 saturated heterocycles. The van der Waals surface area contributed by atoms with Crippen LogP contribution in [0, 0.1) is 5.92 Å². The number of nitrogens with one attached hydrogen (secondary N) is 1. The largest absolute Gasteiger partial charge is 0.466 e. The maximum Gasteiger partial charge on any atom is 0.408 e. The minimum atomic E-state index is -0.642. The van der Waals surface area contributed by atoms with Crippen molar-refractivity contribution in [3.8, 4) is 0 Å². The van der Waals surface area contributed by atoms with Crippen LogP contribution in [0.25, 0.3) is 0 Å². The van der Waals surface area contributed by atoms with Crippen LogP contribution in [0.4, 0.5) is 4.79 Å². The minimum absolute atomic E-state index is 0.0692. The van der Waals surface area contributed by atoms with Crippen LogP contribution in [0.1, 0.15) is 38.2 Å². The van der Waals surface area contributed by atoms with Gasteiger partial charge >= 0.3 is 12.1 Å². The molecule has 0 radical (unpaired) electrons. The predicted octanol–water partition coefficient (Wildman–Crippen LogP) is 1.57. The first-order valence-corrected chi connectivity index (χ1v) is 10.2. The molecule has 1 saturated carbocycles. The average Bonchev–Trinajstić information content (AvgIpc) is 3.07. The zero-order valence-electron chi connectivity index (χ0n) is 16.7. The third kappa shape index (κ3) is 5.26. The van der Waals surface area contributed by atoms with Crippen molar-refractivity contribution in [3.63, 3.8) is 0 Å². The molecule has 29 heavy (non-hydrogen) atoms. The van der Waals surface area contributed by atoms with Crippen molar-refractivity contribution in [2.45, 2.75) is 57.3 Å². The fourth-order valence-corrected chi connectivity index (χ4v) is 4.14. The SMILES string of the molecule is CCOC(=O)C1CC(N)CCC1N1CCC(NC(=O)OCc2ccccc2)C1=O. The van der Waals surface area contributed by atoms with Gasteiger partial charge in [0.2, 0.25) is 5.91 Å². The number of likely N-dealkylation sites (tertiary alicyclic amines) is 1. The second kappa shape index (κ2) is 9.73. The number of amides is 2. The average molecular weight is 403 g/mol. The zero-order chi connectivity index (χ0) is 20.8. The molecular formula is C21H29N3O5. The molecule has 8 nitrogen and oxygen atoms in total. The molecule has 2 amide bonds. The van der Waals surface area contributed by atoms with Gasteiger partial charge in [-0.2, -0.15) is 0 Å². The first-order chi connectivity index (χ1) is 14.0. The number of rotatable bonds is 6. The van der Waals surface area contributed by atoms with Gasteiger partial charge in [0.25, 0.3) is 0 Å². The highest BCUT2D eigenvalue weighted by atomic mass is 16.5. The number of nitrogens with two attached hydrogens (primary N) is 1. The summed E-state index contributed by atoms with van der Waals surface area (Å²) < 4.78 is 10.4. The lowest BCUT2D eigenvalue weighted by Crippen LogP contribution is -2.52. The van der Waals surface area contributed by atoms with Gasteiger partial charge in [0.15, 0.2) is 0 Å². The molecule has 3 N–H and O–H groups in total. The molecule has 1 heterocycles. The second-order valence-electron chi connectivity index (χ2n) is 7.58. The molecular weight excluding hydrogens is 374 g/mol. The lowest BCUT2D eigenvalue weighted by Gasteiger charge is -2.38. The Morgan fingerprint density at radius 1 is 1.17 bits per heavy atom. The van der Waals surface area contributed by atoms with Crippen molar-refractivity contribution < 1.29 is 23.9 Å². The number of hydrogen-bond acceptors (Lipinski definition) is 6. The van der Waals surface area contributed by atoms with Gasteiger partial charge in [-0.3, -0.25) is 9.59 Å². The van der Waals surface area contributed by atoms with Crippen LogP contribution in [-0.4, -0.2) is 54.1 Å². The summed E-state index contributed by atoms with van der Waals surface area (Å²) in [6.07, 6.45) is 1.77. The highest BCUT2D eigenvalue weighted by Gasteiger charge is 2.44. The summed E-state index contributed by atoms with van der Waals surface area (Å²) in [5, 5.41) is 2.65. The summed E-state index contributed by atoms with van der Waals surface area (Å²) in [6, 6.07) is 8.39. The van der Waals surface area contributed by atoms with Crippen molar-refractivity contribution >= 4 is 18.0 Å². The van der Waals surface area contributed by atoms with E-state index in [-0.39, 0.29) is 30.6 Å². The van der Waals surface area contributed by atoms with Gasteiger partial charge in [0.1, 0.15) is 12.6 Å². The van der Waals surface area contributed by atoms with Gasteiger partial charge in [0.05, 0.1) is 12.5 Å². The van der Waals surface area contributed by atoms with Crippen molar-refractivity contribution in [2.75, 3.05) is 13.2 Å². The number of benzene rings is 1. The summed E-state index contributed by atoms with van der Waals surface area (Å²) in [5.74, 6) is -0.915. The maximum atomic E-state index is 12.9. The van der Waals surface area contributed by atoms with Crippen LogP contribution in [0.15, 0.2) is 30.3 Å². The summed E-state index contributed by atoms with van der Waals surface area (Å²) in [6.45, 7) is 2.68. The van der Waals surface area contributed by atoms with E-state index in [4.69, 9.17) is 15.2 Å². The molecule has 0 aromatic heterocycles. The van der Waals surface area contributed by atoms with Crippen LogP contribution in [0.2, 0.25) is 0 Å². The Morgan fingerprint density at radius 3 is 2.66 bits per heavy atom. The topological polar surface area (TPSA) is 111 Å². The van der Waals surface area contributed by atoms with E-state index < -0.39 is 18.1 Å². The fourth-order valence-electron chi connectivity index (χ4n) is 4.14. The van der Waals surface area contributed by atoms with Crippen LogP contribution in [-0.2, 0) is 25.7 Å². The number of ether oxygens (including phenoxy) is 2. The van der Waals surface area contributed by atoms with Crippen molar-refractivity contribution in [1.29, 1.82) is 0 Å². The number of hydrogen-bond donors (Lipinski definition) is 2. The predicted molar refractivity (Wildman–Crippen MR) is 106 cm³/mol. The second-order valence-corrected chi connectivity index (χ2v) is 7.58. The number of carbonyl (C=O) groups excluding carboxylic acids is 3. The third-order valence-electron chi connectivity index (χ3n) is 5.59. The number of carbonyl (C=O) groups is 3. The molecule has 2 aliphatic rings. The normalized spacial score (nSPS) is 26.8. The number of esters is 1. The van der Waals surface area contributed by atoms with Gasteiger partial charge in [0, 0.05) is 18.6 Å². The van der Waals surface area contributed by atoms with Gasteiger partial charge < -0.3 is 25.4 Å². The van der Waals surface area contributed by atoms with Gasteiger partial charge in [-0.25, -0.2) is 4.79 Å². The third-order valence-corrected chi connectivity index (χ3v) is 5.59. The van der Waals surface area contributed by atoms with E-state index in [0.29, 0.717) is 32.4 Å².